The van der Waals surface area contributed by atoms with E-state index in [1.807, 2.05) is 12.1 Å². The largest absolute Gasteiger partial charge is 0.493 e. The van der Waals surface area contributed by atoms with Gasteiger partial charge in [-0.3, -0.25) is 0 Å². The Morgan fingerprint density at radius 1 is 1.14 bits per heavy atom. The van der Waals surface area contributed by atoms with Crippen LogP contribution in [0.15, 0.2) is 12.1 Å². The zero-order valence-electron chi connectivity index (χ0n) is 13.4. The van der Waals surface area contributed by atoms with E-state index < -0.39 is 0 Å². The number of methoxy groups -OCH3 is 2. The molecule has 120 valence electrons. The molecule has 1 rings (SSSR count). The molecule has 0 aliphatic heterocycles. The molecule has 0 aromatic heterocycles. The van der Waals surface area contributed by atoms with Crippen LogP contribution in [0.2, 0.25) is 5.02 Å². The molecule has 0 amide bonds. The molecule has 4 nitrogen and oxygen atoms in total. The van der Waals surface area contributed by atoms with Gasteiger partial charge in [0.1, 0.15) is 0 Å². The second kappa shape index (κ2) is 9.87. The molecule has 0 saturated heterocycles. The summed E-state index contributed by atoms with van der Waals surface area (Å²) in [6, 6.07) is 3.84. The number of ether oxygens (including phenoxy) is 3. The maximum Gasteiger partial charge on any atom is 0.179 e. The molecular weight excluding hydrogens is 290 g/mol. The lowest BCUT2D eigenvalue weighted by Gasteiger charge is -2.12. The highest BCUT2D eigenvalue weighted by Gasteiger charge is 2.10. The third-order valence-electron chi connectivity index (χ3n) is 3.02. The lowest BCUT2D eigenvalue weighted by molar-refractivity contribution is 0.0760. The lowest BCUT2D eigenvalue weighted by atomic mass is 10.2. The van der Waals surface area contributed by atoms with Gasteiger partial charge >= 0.3 is 0 Å². The van der Waals surface area contributed by atoms with Crippen LogP contribution in [0, 0.1) is 0 Å². The van der Waals surface area contributed by atoms with Crippen LogP contribution in [0.5, 0.6) is 11.5 Å². The van der Waals surface area contributed by atoms with E-state index >= 15 is 0 Å². The highest BCUT2D eigenvalue weighted by atomic mass is 35.5. The summed E-state index contributed by atoms with van der Waals surface area (Å²) in [5.41, 5.74) is 1.08. The summed E-state index contributed by atoms with van der Waals surface area (Å²) < 4.78 is 16.0. The van der Waals surface area contributed by atoms with Gasteiger partial charge in [0.25, 0.3) is 0 Å². The molecule has 21 heavy (non-hydrogen) atoms. The highest BCUT2D eigenvalue weighted by Crippen LogP contribution is 2.35. The smallest absolute Gasteiger partial charge is 0.179 e. The summed E-state index contributed by atoms with van der Waals surface area (Å²) in [7, 11) is 3.20. The van der Waals surface area contributed by atoms with Gasteiger partial charge in [0.2, 0.25) is 0 Å². The molecular formula is C16H26ClNO3. The zero-order chi connectivity index (χ0) is 15.7. The number of halogens is 1. The molecule has 1 N–H and O–H groups in total. The van der Waals surface area contributed by atoms with Crippen molar-refractivity contribution >= 4 is 11.6 Å². The van der Waals surface area contributed by atoms with Crippen molar-refractivity contribution in [3.05, 3.63) is 22.7 Å². The van der Waals surface area contributed by atoms with Crippen LogP contribution < -0.4 is 14.8 Å². The van der Waals surface area contributed by atoms with Gasteiger partial charge in [-0.25, -0.2) is 0 Å². The first kappa shape index (κ1) is 18.1. The molecule has 0 heterocycles. The summed E-state index contributed by atoms with van der Waals surface area (Å²) in [5.74, 6) is 1.24. The first-order valence-electron chi connectivity index (χ1n) is 7.31. The third-order valence-corrected chi connectivity index (χ3v) is 3.30. The van der Waals surface area contributed by atoms with E-state index in [0.717, 1.165) is 38.1 Å². The Bertz CT molecular complexity index is 424. The lowest BCUT2D eigenvalue weighted by Crippen LogP contribution is -2.15. The van der Waals surface area contributed by atoms with E-state index in [1.165, 1.54) is 0 Å². The van der Waals surface area contributed by atoms with Gasteiger partial charge in [-0.15, -0.1) is 0 Å². The Balaban J connectivity index is 2.34. The maximum atomic E-state index is 6.18. The van der Waals surface area contributed by atoms with Crippen LogP contribution in [0.4, 0.5) is 0 Å². The van der Waals surface area contributed by atoms with E-state index in [-0.39, 0.29) is 0 Å². The van der Waals surface area contributed by atoms with Crippen molar-refractivity contribution in [3.8, 4) is 11.5 Å². The molecule has 0 spiro atoms. The topological polar surface area (TPSA) is 39.7 Å². The average Bonchev–Trinajstić information content (AvgIpc) is 2.45. The van der Waals surface area contributed by atoms with Gasteiger partial charge in [0.05, 0.1) is 25.3 Å². The Kier molecular flexibility index (Phi) is 8.50. The number of hydrogen-bond donors (Lipinski definition) is 1. The Morgan fingerprint density at radius 3 is 2.52 bits per heavy atom. The Morgan fingerprint density at radius 2 is 1.90 bits per heavy atom. The summed E-state index contributed by atoms with van der Waals surface area (Å²) in [6.07, 6.45) is 2.47. The zero-order valence-corrected chi connectivity index (χ0v) is 14.1. The van der Waals surface area contributed by atoms with Crippen molar-refractivity contribution in [3.63, 3.8) is 0 Å². The van der Waals surface area contributed by atoms with Gasteiger partial charge in [0, 0.05) is 13.2 Å². The standard InChI is InChI=1S/C16H26ClNO3/c1-12(2)21-8-6-5-7-18-11-13-9-14(17)16(20-4)15(10-13)19-3/h9-10,12,18H,5-8,11H2,1-4H3. The van der Waals surface area contributed by atoms with Crippen molar-refractivity contribution < 1.29 is 14.2 Å². The van der Waals surface area contributed by atoms with Gasteiger partial charge in [0.15, 0.2) is 11.5 Å². The minimum atomic E-state index is 0.312. The minimum Gasteiger partial charge on any atom is -0.493 e. The van der Waals surface area contributed by atoms with E-state index in [0.29, 0.717) is 22.6 Å². The van der Waals surface area contributed by atoms with Gasteiger partial charge in [-0.2, -0.15) is 0 Å². The SMILES string of the molecule is COc1cc(CNCCCCOC(C)C)cc(Cl)c1OC. The number of unbranched alkanes of at least 4 members (excludes halogenated alkanes) is 1. The number of hydrogen-bond acceptors (Lipinski definition) is 4. The first-order valence-corrected chi connectivity index (χ1v) is 7.69. The quantitative estimate of drug-likeness (QED) is 0.669. The fourth-order valence-corrected chi connectivity index (χ4v) is 2.29. The van der Waals surface area contributed by atoms with E-state index in [4.69, 9.17) is 25.8 Å². The van der Waals surface area contributed by atoms with Crippen LogP contribution >= 0.6 is 11.6 Å². The van der Waals surface area contributed by atoms with Crippen LogP contribution in [0.1, 0.15) is 32.3 Å². The van der Waals surface area contributed by atoms with Gasteiger partial charge in [-0.1, -0.05) is 11.6 Å². The van der Waals surface area contributed by atoms with Crippen molar-refractivity contribution in [1.29, 1.82) is 0 Å². The third kappa shape index (κ3) is 6.55. The fourth-order valence-electron chi connectivity index (χ4n) is 1.98. The summed E-state index contributed by atoms with van der Waals surface area (Å²) in [5, 5.41) is 3.96. The van der Waals surface area contributed by atoms with Crippen molar-refractivity contribution in [2.75, 3.05) is 27.4 Å². The second-order valence-electron chi connectivity index (χ2n) is 5.12. The van der Waals surface area contributed by atoms with E-state index in [2.05, 4.69) is 19.2 Å². The Labute approximate surface area is 132 Å². The summed E-state index contributed by atoms with van der Waals surface area (Å²) >= 11 is 6.18. The molecule has 1 aromatic rings. The highest BCUT2D eigenvalue weighted by molar-refractivity contribution is 6.32. The summed E-state index contributed by atoms with van der Waals surface area (Å²) in [4.78, 5) is 0. The molecule has 1 aromatic carbocycles. The van der Waals surface area contributed by atoms with Gasteiger partial charge in [-0.05, 0) is 50.9 Å². The van der Waals surface area contributed by atoms with Crippen LogP contribution in [0.25, 0.3) is 0 Å². The predicted molar refractivity (Wildman–Crippen MR) is 86.6 cm³/mol. The number of nitrogens with one attached hydrogen (secondary N) is 1. The van der Waals surface area contributed by atoms with Crippen molar-refractivity contribution in [2.45, 2.75) is 39.3 Å². The Hall–Kier alpha value is -0.970. The van der Waals surface area contributed by atoms with Crippen molar-refractivity contribution in [1.82, 2.24) is 5.32 Å². The minimum absolute atomic E-state index is 0.312. The molecule has 0 bridgehead atoms. The van der Waals surface area contributed by atoms with Crippen LogP contribution in [0.3, 0.4) is 0 Å². The molecule has 0 aliphatic carbocycles. The van der Waals surface area contributed by atoms with Crippen LogP contribution in [-0.2, 0) is 11.3 Å². The monoisotopic (exact) mass is 315 g/mol. The van der Waals surface area contributed by atoms with Gasteiger partial charge < -0.3 is 19.5 Å². The predicted octanol–water partition coefficient (Wildman–Crippen LogP) is 3.65. The number of rotatable bonds is 10. The molecule has 0 unspecified atom stereocenters. The first-order chi connectivity index (χ1) is 10.1. The van der Waals surface area contributed by atoms with E-state index in [9.17, 15) is 0 Å². The molecule has 0 radical (unpaired) electrons. The number of benzene rings is 1. The van der Waals surface area contributed by atoms with Crippen LogP contribution in [-0.4, -0.2) is 33.5 Å². The maximum absolute atomic E-state index is 6.18. The summed E-state index contributed by atoms with van der Waals surface area (Å²) in [6.45, 7) is 6.64. The average molecular weight is 316 g/mol. The normalized spacial score (nSPS) is 11.0. The fraction of sp³-hybridized carbons (Fsp3) is 0.625. The molecule has 5 heteroatoms. The van der Waals surface area contributed by atoms with Crippen molar-refractivity contribution in [2.24, 2.45) is 0 Å². The molecule has 0 saturated carbocycles. The molecule has 0 atom stereocenters. The molecule has 0 fully saturated rings. The second-order valence-corrected chi connectivity index (χ2v) is 5.52. The van der Waals surface area contributed by atoms with E-state index in [1.54, 1.807) is 14.2 Å². The molecule has 0 aliphatic rings.